The summed E-state index contributed by atoms with van der Waals surface area (Å²) in [6.07, 6.45) is 0. The quantitative estimate of drug-likeness (QED) is 0.858. The molecule has 0 radical (unpaired) electrons. The van der Waals surface area contributed by atoms with Crippen LogP contribution in [-0.2, 0) is 4.74 Å². The number of benzene rings is 1. The SMILES string of the molecule is Cc1cc(SC2(CO)COC2)ccc1F. The Labute approximate surface area is 92.4 Å². The Hall–Kier alpha value is -0.580. The molecule has 0 aliphatic carbocycles. The van der Waals surface area contributed by atoms with Gasteiger partial charge in [0, 0.05) is 4.90 Å². The Bertz CT molecular complexity index is 358. The number of halogens is 1. The van der Waals surface area contributed by atoms with Crippen LogP contribution in [0.4, 0.5) is 4.39 Å². The Balaban J connectivity index is 2.13. The fourth-order valence-corrected chi connectivity index (χ4v) is 2.66. The van der Waals surface area contributed by atoms with E-state index in [0.717, 1.165) is 4.90 Å². The first kappa shape index (κ1) is 10.9. The lowest BCUT2D eigenvalue weighted by atomic mass is 10.1. The number of aliphatic hydroxyl groups is 1. The smallest absolute Gasteiger partial charge is 0.126 e. The molecule has 2 nitrogen and oxygen atoms in total. The van der Waals surface area contributed by atoms with E-state index in [1.165, 1.54) is 6.07 Å². The van der Waals surface area contributed by atoms with Gasteiger partial charge in [-0.1, -0.05) is 0 Å². The highest BCUT2D eigenvalue weighted by Crippen LogP contribution is 2.38. The highest BCUT2D eigenvalue weighted by molar-refractivity contribution is 8.00. The highest BCUT2D eigenvalue weighted by atomic mass is 32.2. The molecule has 0 unspecified atom stereocenters. The molecule has 1 heterocycles. The van der Waals surface area contributed by atoms with Crippen molar-refractivity contribution in [2.75, 3.05) is 19.8 Å². The van der Waals surface area contributed by atoms with Crippen LogP contribution in [0.2, 0.25) is 0 Å². The van der Waals surface area contributed by atoms with E-state index in [2.05, 4.69) is 0 Å². The lowest BCUT2D eigenvalue weighted by molar-refractivity contribution is -0.0318. The summed E-state index contributed by atoms with van der Waals surface area (Å²) in [6.45, 7) is 2.95. The predicted molar refractivity (Wildman–Crippen MR) is 57.6 cm³/mol. The summed E-state index contributed by atoms with van der Waals surface area (Å²) in [5.74, 6) is -0.192. The van der Waals surface area contributed by atoms with Gasteiger partial charge in [0.25, 0.3) is 0 Å². The number of ether oxygens (including phenoxy) is 1. The van der Waals surface area contributed by atoms with Crippen molar-refractivity contribution in [3.05, 3.63) is 29.6 Å². The molecule has 1 saturated heterocycles. The van der Waals surface area contributed by atoms with E-state index in [4.69, 9.17) is 4.74 Å². The Kier molecular flexibility index (Phi) is 3.00. The van der Waals surface area contributed by atoms with Crippen LogP contribution in [0.1, 0.15) is 5.56 Å². The first-order valence-corrected chi connectivity index (χ1v) is 5.61. The second-order valence-electron chi connectivity index (χ2n) is 3.85. The van der Waals surface area contributed by atoms with Gasteiger partial charge in [-0.3, -0.25) is 0 Å². The number of hydrogen-bond donors (Lipinski definition) is 1. The average Bonchev–Trinajstić information content (AvgIpc) is 2.17. The Morgan fingerprint density at radius 2 is 2.27 bits per heavy atom. The van der Waals surface area contributed by atoms with Crippen LogP contribution < -0.4 is 0 Å². The normalized spacial score (nSPS) is 18.6. The second-order valence-corrected chi connectivity index (χ2v) is 5.39. The third-order valence-corrected chi connectivity index (χ3v) is 3.77. The molecule has 82 valence electrons. The summed E-state index contributed by atoms with van der Waals surface area (Å²) >= 11 is 1.56. The summed E-state index contributed by atoms with van der Waals surface area (Å²) in [5.41, 5.74) is 0.633. The number of rotatable bonds is 3. The third kappa shape index (κ3) is 2.17. The molecule has 1 aliphatic rings. The fraction of sp³-hybridized carbons (Fsp3) is 0.455. The largest absolute Gasteiger partial charge is 0.395 e. The molecule has 1 aromatic carbocycles. The molecule has 1 N–H and O–H groups in total. The highest BCUT2D eigenvalue weighted by Gasteiger charge is 2.39. The van der Waals surface area contributed by atoms with E-state index >= 15 is 0 Å². The lowest BCUT2D eigenvalue weighted by Gasteiger charge is -2.39. The summed E-state index contributed by atoms with van der Waals surface area (Å²) in [7, 11) is 0. The maximum Gasteiger partial charge on any atom is 0.126 e. The molecular weight excluding hydrogens is 215 g/mol. The van der Waals surface area contributed by atoms with Crippen molar-refractivity contribution in [3.8, 4) is 0 Å². The van der Waals surface area contributed by atoms with Crippen LogP contribution in [0, 0.1) is 12.7 Å². The van der Waals surface area contributed by atoms with Gasteiger partial charge in [0.1, 0.15) is 5.82 Å². The molecule has 2 rings (SSSR count). The zero-order chi connectivity index (χ0) is 10.9. The first-order valence-electron chi connectivity index (χ1n) is 4.79. The van der Waals surface area contributed by atoms with Crippen molar-refractivity contribution in [2.24, 2.45) is 0 Å². The van der Waals surface area contributed by atoms with Gasteiger partial charge in [-0.05, 0) is 30.7 Å². The molecule has 15 heavy (non-hydrogen) atoms. The van der Waals surface area contributed by atoms with Gasteiger partial charge >= 0.3 is 0 Å². The van der Waals surface area contributed by atoms with E-state index in [1.54, 1.807) is 30.8 Å². The minimum Gasteiger partial charge on any atom is -0.395 e. The van der Waals surface area contributed by atoms with E-state index in [0.29, 0.717) is 18.8 Å². The molecule has 0 bridgehead atoms. The Morgan fingerprint density at radius 3 is 2.73 bits per heavy atom. The van der Waals surface area contributed by atoms with Crippen molar-refractivity contribution < 1.29 is 14.2 Å². The fourth-order valence-electron chi connectivity index (χ4n) is 1.44. The van der Waals surface area contributed by atoms with E-state index < -0.39 is 0 Å². The second kappa shape index (κ2) is 4.12. The number of thioether (sulfide) groups is 1. The lowest BCUT2D eigenvalue weighted by Crippen LogP contribution is -2.49. The predicted octanol–water partition coefficient (Wildman–Crippen LogP) is 1.99. The van der Waals surface area contributed by atoms with Crippen molar-refractivity contribution in [1.82, 2.24) is 0 Å². The maximum atomic E-state index is 13.0. The monoisotopic (exact) mass is 228 g/mol. The van der Waals surface area contributed by atoms with Crippen LogP contribution >= 0.6 is 11.8 Å². The molecule has 1 aliphatic heterocycles. The molecule has 0 saturated carbocycles. The third-order valence-electron chi connectivity index (χ3n) is 2.48. The van der Waals surface area contributed by atoms with E-state index in [9.17, 15) is 9.50 Å². The molecule has 4 heteroatoms. The average molecular weight is 228 g/mol. The van der Waals surface area contributed by atoms with E-state index in [1.807, 2.05) is 0 Å². The van der Waals surface area contributed by atoms with Gasteiger partial charge in [-0.2, -0.15) is 0 Å². The molecular formula is C11H13FO2S. The van der Waals surface area contributed by atoms with Gasteiger partial charge in [0.15, 0.2) is 0 Å². The Morgan fingerprint density at radius 1 is 1.53 bits per heavy atom. The first-order chi connectivity index (χ1) is 7.15. The van der Waals surface area contributed by atoms with Crippen LogP contribution in [0.15, 0.2) is 23.1 Å². The van der Waals surface area contributed by atoms with Gasteiger partial charge in [0.05, 0.1) is 24.6 Å². The molecule has 0 spiro atoms. The summed E-state index contributed by atoms with van der Waals surface area (Å²) in [4.78, 5) is 0.978. The van der Waals surface area contributed by atoms with Crippen LogP contribution in [0.3, 0.4) is 0 Å². The van der Waals surface area contributed by atoms with Crippen molar-refractivity contribution in [1.29, 1.82) is 0 Å². The van der Waals surface area contributed by atoms with E-state index in [-0.39, 0.29) is 17.2 Å². The summed E-state index contributed by atoms with van der Waals surface area (Å²) in [6, 6.07) is 5.00. The number of aliphatic hydroxyl groups excluding tert-OH is 1. The van der Waals surface area contributed by atoms with Crippen LogP contribution in [0.5, 0.6) is 0 Å². The van der Waals surface area contributed by atoms with Gasteiger partial charge in [-0.25, -0.2) is 4.39 Å². The van der Waals surface area contributed by atoms with Gasteiger partial charge in [-0.15, -0.1) is 11.8 Å². The summed E-state index contributed by atoms with van der Waals surface area (Å²) < 4.78 is 17.9. The number of aryl methyl sites for hydroxylation is 1. The molecule has 1 fully saturated rings. The topological polar surface area (TPSA) is 29.5 Å². The van der Waals surface area contributed by atoms with Crippen LogP contribution in [-0.4, -0.2) is 29.7 Å². The standard InChI is InChI=1S/C11H13FO2S/c1-8-4-9(2-3-10(8)12)15-11(5-13)6-14-7-11/h2-4,13H,5-7H2,1H3. The van der Waals surface area contributed by atoms with Crippen molar-refractivity contribution >= 4 is 11.8 Å². The maximum absolute atomic E-state index is 13.0. The number of hydrogen-bond acceptors (Lipinski definition) is 3. The molecule has 0 amide bonds. The van der Waals surface area contributed by atoms with Gasteiger partial charge in [0.2, 0.25) is 0 Å². The van der Waals surface area contributed by atoms with Crippen molar-refractivity contribution in [2.45, 2.75) is 16.6 Å². The molecule has 0 aromatic heterocycles. The molecule has 0 atom stereocenters. The minimum absolute atomic E-state index is 0.0914. The zero-order valence-corrected chi connectivity index (χ0v) is 9.31. The zero-order valence-electron chi connectivity index (χ0n) is 8.50. The summed E-state index contributed by atoms with van der Waals surface area (Å²) in [5, 5.41) is 9.25. The molecule has 1 aromatic rings. The van der Waals surface area contributed by atoms with Crippen LogP contribution in [0.25, 0.3) is 0 Å². The van der Waals surface area contributed by atoms with Crippen molar-refractivity contribution in [3.63, 3.8) is 0 Å². The van der Waals surface area contributed by atoms with Gasteiger partial charge < -0.3 is 9.84 Å². The minimum atomic E-state index is -0.218.